The molecule has 1 amide bonds. The van der Waals surface area contributed by atoms with Gasteiger partial charge in [0, 0.05) is 11.3 Å². The van der Waals surface area contributed by atoms with Gasteiger partial charge in [0.25, 0.3) is 5.91 Å². The summed E-state index contributed by atoms with van der Waals surface area (Å²) in [5.41, 5.74) is 1.06. The largest absolute Gasteiger partial charge is 0.457 e. The van der Waals surface area contributed by atoms with Crippen molar-refractivity contribution in [3.05, 3.63) is 54.0 Å². The molecule has 2 aromatic rings. The maximum absolute atomic E-state index is 12.0. The lowest BCUT2D eigenvalue weighted by atomic mass is 10.1. The molecule has 0 fully saturated rings. The van der Waals surface area contributed by atoms with Crippen molar-refractivity contribution >= 4 is 23.3 Å². The first kappa shape index (κ1) is 15.5. The van der Waals surface area contributed by atoms with Crippen LogP contribution in [0.15, 0.2) is 47.1 Å². The van der Waals surface area contributed by atoms with Crippen LogP contribution < -0.4 is 5.32 Å². The molecule has 6 nitrogen and oxygen atoms in total. The van der Waals surface area contributed by atoms with E-state index < -0.39 is 18.0 Å². The number of rotatable bonds is 5. The molecule has 0 saturated heterocycles. The molecule has 0 aliphatic carbocycles. The van der Waals surface area contributed by atoms with E-state index in [2.05, 4.69) is 5.32 Å². The highest BCUT2D eigenvalue weighted by Gasteiger charge is 2.20. The zero-order valence-electron chi connectivity index (χ0n) is 12.2. The number of nitrogens with one attached hydrogen (secondary N) is 1. The highest BCUT2D eigenvalue weighted by molar-refractivity contribution is 5.98. The fraction of sp³-hybridized carbons (Fsp3) is 0.188. The molecule has 0 aliphatic heterocycles. The fourth-order valence-electron chi connectivity index (χ4n) is 1.70. The molecule has 1 N–H and O–H groups in total. The SMILES string of the molecule is CC(=O)c1ccc(NC(=O)[C@H](C)OC(=O)c2ccco2)cc1. The van der Waals surface area contributed by atoms with Crippen molar-refractivity contribution in [3.8, 4) is 0 Å². The summed E-state index contributed by atoms with van der Waals surface area (Å²) in [4.78, 5) is 34.8. The Bertz CT molecular complexity index is 673. The van der Waals surface area contributed by atoms with E-state index in [1.165, 1.54) is 26.2 Å². The van der Waals surface area contributed by atoms with Crippen LogP contribution in [0.2, 0.25) is 0 Å². The van der Waals surface area contributed by atoms with Crippen molar-refractivity contribution in [1.82, 2.24) is 0 Å². The second-order valence-corrected chi connectivity index (χ2v) is 4.65. The minimum absolute atomic E-state index is 0.0328. The number of furan rings is 1. The van der Waals surface area contributed by atoms with Crippen molar-refractivity contribution in [2.45, 2.75) is 20.0 Å². The Morgan fingerprint density at radius 3 is 2.36 bits per heavy atom. The van der Waals surface area contributed by atoms with E-state index in [-0.39, 0.29) is 11.5 Å². The van der Waals surface area contributed by atoms with Crippen molar-refractivity contribution in [2.75, 3.05) is 5.32 Å². The smallest absolute Gasteiger partial charge is 0.374 e. The molecule has 22 heavy (non-hydrogen) atoms. The molecule has 1 aromatic heterocycles. The second kappa shape index (κ2) is 6.71. The second-order valence-electron chi connectivity index (χ2n) is 4.65. The van der Waals surface area contributed by atoms with Crippen LogP contribution in [0, 0.1) is 0 Å². The van der Waals surface area contributed by atoms with Gasteiger partial charge in [0.05, 0.1) is 6.26 Å². The highest BCUT2D eigenvalue weighted by Crippen LogP contribution is 2.12. The standard InChI is InChI=1S/C16H15NO5/c1-10(18)12-5-7-13(8-6-12)17-15(19)11(2)22-16(20)14-4-3-9-21-14/h3-9,11H,1-2H3,(H,17,19)/t11-/m0/s1. The van der Waals surface area contributed by atoms with Crippen LogP contribution in [0.5, 0.6) is 0 Å². The van der Waals surface area contributed by atoms with Crippen LogP contribution in [0.3, 0.4) is 0 Å². The van der Waals surface area contributed by atoms with Gasteiger partial charge in [-0.1, -0.05) is 0 Å². The lowest BCUT2D eigenvalue weighted by Crippen LogP contribution is -2.29. The third kappa shape index (κ3) is 3.82. The maximum atomic E-state index is 12.0. The first-order valence-corrected chi connectivity index (χ1v) is 6.63. The Morgan fingerprint density at radius 1 is 1.14 bits per heavy atom. The zero-order valence-corrected chi connectivity index (χ0v) is 12.2. The van der Waals surface area contributed by atoms with Crippen LogP contribution in [-0.2, 0) is 9.53 Å². The minimum atomic E-state index is -0.981. The maximum Gasteiger partial charge on any atom is 0.374 e. The van der Waals surface area contributed by atoms with E-state index in [9.17, 15) is 14.4 Å². The minimum Gasteiger partial charge on any atom is -0.457 e. The molecule has 2 rings (SSSR count). The molecule has 0 aliphatic rings. The number of anilines is 1. The first-order chi connectivity index (χ1) is 10.5. The number of benzene rings is 1. The van der Waals surface area contributed by atoms with Crippen LogP contribution in [-0.4, -0.2) is 23.8 Å². The van der Waals surface area contributed by atoms with Gasteiger partial charge >= 0.3 is 5.97 Å². The van der Waals surface area contributed by atoms with Gasteiger partial charge in [0.2, 0.25) is 5.76 Å². The molecule has 0 unspecified atom stereocenters. The Hall–Kier alpha value is -2.89. The summed E-state index contributed by atoms with van der Waals surface area (Å²) in [7, 11) is 0. The third-order valence-electron chi connectivity index (χ3n) is 2.93. The zero-order chi connectivity index (χ0) is 16.1. The van der Waals surface area contributed by atoms with E-state index in [0.29, 0.717) is 11.3 Å². The molecular weight excluding hydrogens is 286 g/mol. The number of hydrogen-bond acceptors (Lipinski definition) is 5. The Labute approximate surface area is 127 Å². The van der Waals surface area contributed by atoms with Gasteiger partial charge in [0.15, 0.2) is 11.9 Å². The average Bonchev–Trinajstić information content (AvgIpc) is 3.02. The van der Waals surface area contributed by atoms with Crippen molar-refractivity contribution in [2.24, 2.45) is 0 Å². The Balaban J connectivity index is 1.93. The molecule has 1 aromatic carbocycles. The number of ether oxygens (including phenoxy) is 1. The fourth-order valence-corrected chi connectivity index (χ4v) is 1.70. The third-order valence-corrected chi connectivity index (χ3v) is 2.93. The van der Waals surface area contributed by atoms with E-state index in [1.54, 1.807) is 30.3 Å². The summed E-state index contributed by atoms with van der Waals surface area (Å²) in [6.07, 6.45) is 0.364. The topological polar surface area (TPSA) is 85.6 Å². The number of esters is 1. The summed E-state index contributed by atoms with van der Waals surface area (Å²) in [6, 6.07) is 9.44. The molecule has 0 saturated carbocycles. The van der Waals surface area contributed by atoms with Crippen LogP contribution in [0.4, 0.5) is 5.69 Å². The van der Waals surface area contributed by atoms with Gasteiger partial charge in [-0.25, -0.2) is 4.79 Å². The lowest BCUT2D eigenvalue weighted by Gasteiger charge is -2.12. The quantitative estimate of drug-likeness (QED) is 0.678. The van der Waals surface area contributed by atoms with Crippen molar-refractivity contribution < 1.29 is 23.5 Å². The summed E-state index contributed by atoms with van der Waals surface area (Å²) in [6.45, 7) is 2.92. The summed E-state index contributed by atoms with van der Waals surface area (Å²) >= 11 is 0. The lowest BCUT2D eigenvalue weighted by molar-refractivity contribution is -0.123. The van der Waals surface area contributed by atoms with Crippen LogP contribution in [0.25, 0.3) is 0 Å². The number of ketones is 1. The number of carbonyl (C=O) groups is 3. The Kier molecular flexibility index (Phi) is 4.73. The molecule has 0 spiro atoms. The summed E-state index contributed by atoms with van der Waals surface area (Å²) in [5, 5.41) is 2.60. The van der Waals surface area contributed by atoms with Crippen LogP contribution in [0.1, 0.15) is 34.8 Å². The predicted molar refractivity (Wildman–Crippen MR) is 78.7 cm³/mol. The molecule has 0 bridgehead atoms. The van der Waals surface area contributed by atoms with E-state index >= 15 is 0 Å². The summed E-state index contributed by atoms with van der Waals surface area (Å²) in [5.74, 6) is -1.21. The average molecular weight is 301 g/mol. The van der Waals surface area contributed by atoms with Gasteiger partial charge in [-0.2, -0.15) is 0 Å². The van der Waals surface area contributed by atoms with Gasteiger partial charge in [0.1, 0.15) is 0 Å². The molecule has 1 atom stereocenters. The monoisotopic (exact) mass is 301 g/mol. The van der Waals surface area contributed by atoms with Gasteiger partial charge in [-0.3, -0.25) is 9.59 Å². The van der Waals surface area contributed by atoms with Gasteiger partial charge in [-0.15, -0.1) is 0 Å². The van der Waals surface area contributed by atoms with Crippen LogP contribution >= 0.6 is 0 Å². The molecular formula is C16H15NO5. The Morgan fingerprint density at radius 2 is 1.82 bits per heavy atom. The van der Waals surface area contributed by atoms with Gasteiger partial charge < -0.3 is 14.5 Å². The van der Waals surface area contributed by atoms with Crippen molar-refractivity contribution in [1.29, 1.82) is 0 Å². The van der Waals surface area contributed by atoms with Gasteiger partial charge in [-0.05, 0) is 50.2 Å². The first-order valence-electron chi connectivity index (χ1n) is 6.63. The number of Topliss-reactive ketones (excluding diaryl/α,β-unsaturated/α-hetero) is 1. The molecule has 114 valence electrons. The predicted octanol–water partition coefficient (Wildman–Crippen LogP) is 2.67. The molecule has 1 heterocycles. The normalized spacial score (nSPS) is 11.5. The number of amides is 1. The van der Waals surface area contributed by atoms with Crippen molar-refractivity contribution in [3.63, 3.8) is 0 Å². The van der Waals surface area contributed by atoms with E-state index in [1.807, 2.05) is 0 Å². The highest BCUT2D eigenvalue weighted by atomic mass is 16.6. The number of hydrogen-bond donors (Lipinski definition) is 1. The van der Waals surface area contributed by atoms with E-state index in [0.717, 1.165) is 0 Å². The number of carbonyl (C=O) groups excluding carboxylic acids is 3. The molecule has 6 heteroatoms. The summed E-state index contributed by atoms with van der Waals surface area (Å²) < 4.78 is 9.88. The van der Waals surface area contributed by atoms with E-state index in [4.69, 9.17) is 9.15 Å². The molecule has 0 radical (unpaired) electrons.